The number of halogens is 3. The van der Waals surface area contributed by atoms with Gasteiger partial charge in [-0.15, -0.1) is 0 Å². The van der Waals surface area contributed by atoms with Gasteiger partial charge in [-0.1, -0.05) is 23.2 Å². The van der Waals surface area contributed by atoms with Gasteiger partial charge in [0.15, 0.2) is 11.6 Å². The number of nitrogens with one attached hydrogen (secondary N) is 1. The number of carbonyl (C=O) groups is 1. The van der Waals surface area contributed by atoms with Crippen LogP contribution in [-0.2, 0) is 11.3 Å². The molecule has 1 saturated heterocycles. The zero-order valence-electron chi connectivity index (χ0n) is 16.6. The van der Waals surface area contributed by atoms with Crippen LogP contribution >= 0.6 is 23.2 Å². The summed E-state index contributed by atoms with van der Waals surface area (Å²) in [5.74, 6) is -0.0192. The van der Waals surface area contributed by atoms with Crippen molar-refractivity contribution in [2.24, 2.45) is 0 Å². The van der Waals surface area contributed by atoms with Gasteiger partial charge in [0.1, 0.15) is 11.9 Å². The molecule has 1 unspecified atom stereocenters. The molecule has 0 radical (unpaired) electrons. The summed E-state index contributed by atoms with van der Waals surface area (Å²) in [7, 11) is 0. The smallest absolute Gasteiger partial charge is 0.220 e. The number of ether oxygens (including phenoxy) is 1. The summed E-state index contributed by atoms with van der Waals surface area (Å²) < 4.78 is 21.6. The van der Waals surface area contributed by atoms with E-state index in [0.29, 0.717) is 29.3 Å². The van der Waals surface area contributed by atoms with Crippen molar-refractivity contribution in [1.82, 2.24) is 20.1 Å². The number of amides is 1. The molecule has 3 N–H and O–H groups in total. The number of carbonyl (C=O) groups excluding carboxylic acids is 1. The molecule has 0 bridgehead atoms. The second kappa shape index (κ2) is 8.72. The first-order valence-electron chi connectivity index (χ1n) is 9.69. The van der Waals surface area contributed by atoms with Gasteiger partial charge in [0.05, 0.1) is 17.8 Å². The molecule has 162 valence electrons. The van der Waals surface area contributed by atoms with Gasteiger partial charge < -0.3 is 15.8 Å². The largest absolute Gasteiger partial charge is 0.482 e. The fourth-order valence-electron chi connectivity index (χ4n) is 3.52. The minimum absolute atomic E-state index is 0.0644. The Morgan fingerprint density at radius 3 is 2.90 bits per heavy atom. The number of aromatic nitrogens is 3. The Labute approximate surface area is 188 Å². The van der Waals surface area contributed by atoms with Crippen LogP contribution in [0.1, 0.15) is 31.4 Å². The average Bonchev–Trinajstić information content (AvgIpc) is 3.36. The average molecular weight is 464 g/mol. The summed E-state index contributed by atoms with van der Waals surface area (Å²) in [6.07, 6.45) is 5.86. The third kappa shape index (κ3) is 4.60. The molecule has 3 aromatic rings. The lowest BCUT2D eigenvalue weighted by Crippen LogP contribution is -2.29. The van der Waals surface area contributed by atoms with E-state index < -0.39 is 11.9 Å². The lowest BCUT2D eigenvalue weighted by atomic mass is 10.1. The van der Waals surface area contributed by atoms with Crippen molar-refractivity contribution in [2.45, 2.75) is 38.5 Å². The number of nitrogens with two attached hydrogens (primary N) is 1. The van der Waals surface area contributed by atoms with Gasteiger partial charge in [-0.05, 0) is 31.5 Å². The molecular formula is C21H20Cl2FN5O2. The van der Waals surface area contributed by atoms with Crippen molar-refractivity contribution >= 4 is 34.9 Å². The number of rotatable bonds is 6. The Bertz CT molecular complexity index is 1140. The second-order valence-electron chi connectivity index (χ2n) is 7.38. The number of pyridine rings is 1. The third-order valence-corrected chi connectivity index (χ3v) is 5.84. The molecule has 0 aliphatic carbocycles. The van der Waals surface area contributed by atoms with Crippen molar-refractivity contribution in [3.63, 3.8) is 0 Å². The normalized spacial score (nSPS) is 16.9. The summed E-state index contributed by atoms with van der Waals surface area (Å²) in [4.78, 5) is 15.6. The molecule has 10 heteroatoms. The van der Waals surface area contributed by atoms with Crippen LogP contribution in [0.15, 0.2) is 36.8 Å². The van der Waals surface area contributed by atoms with E-state index in [-0.39, 0.29) is 22.8 Å². The van der Waals surface area contributed by atoms with Crippen molar-refractivity contribution < 1.29 is 13.9 Å². The summed E-state index contributed by atoms with van der Waals surface area (Å²) in [6.45, 7) is 2.29. The summed E-state index contributed by atoms with van der Waals surface area (Å²) in [6, 6.07) is 4.44. The number of benzene rings is 1. The first-order valence-corrected chi connectivity index (χ1v) is 10.4. The molecule has 3 heterocycles. The first kappa shape index (κ1) is 21.4. The number of nitrogens with zero attached hydrogens (tertiary/aromatic N) is 3. The van der Waals surface area contributed by atoms with E-state index in [1.807, 2.05) is 6.20 Å². The molecule has 1 aromatic carbocycles. The van der Waals surface area contributed by atoms with Crippen LogP contribution in [0.2, 0.25) is 10.0 Å². The summed E-state index contributed by atoms with van der Waals surface area (Å²) in [5.41, 5.74) is 7.88. The van der Waals surface area contributed by atoms with Crippen molar-refractivity contribution in [3.05, 3.63) is 58.2 Å². The van der Waals surface area contributed by atoms with Gasteiger partial charge in [0, 0.05) is 46.6 Å². The zero-order chi connectivity index (χ0) is 22.1. The van der Waals surface area contributed by atoms with E-state index in [1.165, 1.54) is 12.1 Å². The van der Waals surface area contributed by atoms with Gasteiger partial charge >= 0.3 is 0 Å². The highest BCUT2D eigenvalue weighted by atomic mass is 35.5. The van der Waals surface area contributed by atoms with Crippen LogP contribution in [0.25, 0.3) is 11.1 Å². The molecule has 1 amide bonds. The van der Waals surface area contributed by atoms with E-state index in [4.69, 9.17) is 33.7 Å². The Morgan fingerprint density at radius 2 is 2.16 bits per heavy atom. The maximum absolute atomic E-state index is 13.9. The predicted octanol–water partition coefficient (Wildman–Crippen LogP) is 4.39. The molecule has 2 aromatic heterocycles. The Hall–Kier alpha value is -2.84. The highest BCUT2D eigenvalue weighted by molar-refractivity contribution is 6.36. The second-order valence-corrected chi connectivity index (χ2v) is 8.16. The molecule has 1 aliphatic heterocycles. The summed E-state index contributed by atoms with van der Waals surface area (Å²) in [5, 5.41) is 7.48. The van der Waals surface area contributed by atoms with Crippen molar-refractivity contribution in [1.29, 1.82) is 0 Å². The molecule has 0 spiro atoms. The molecule has 31 heavy (non-hydrogen) atoms. The van der Waals surface area contributed by atoms with Gasteiger partial charge in [0.25, 0.3) is 0 Å². The monoisotopic (exact) mass is 463 g/mol. The minimum atomic E-state index is -0.663. The lowest BCUT2D eigenvalue weighted by molar-refractivity contribution is -0.119. The lowest BCUT2D eigenvalue weighted by Gasteiger charge is -2.19. The van der Waals surface area contributed by atoms with Crippen LogP contribution in [0.4, 0.5) is 10.2 Å². The molecule has 1 fully saturated rings. The van der Waals surface area contributed by atoms with Crippen LogP contribution in [-0.4, -0.2) is 26.7 Å². The Kier molecular flexibility index (Phi) is 6.02. The van der Waals surface area contributed by atoms with Gasteiger partial charge in [-0.2, -0.15) is 5.10 Å². The highest BCUT2D eigenvalue weighted by Crippen LogP contribution is 2.36. The van der Waals surface area contributed by atoms with E-state index in [1.54, 1.807) is 30.1 Å². The van der Waals surface area contributed by atoms with Gasteiger partial charge in [-0.3, -0.25) is 9.48 Å². The van der Waals surface area contributed by atoms with E-state index in [2.05, 4.69) is 15.4 Å². The standard InChI is InChI=1S/C21H20Cl2FN5O2/c1-11(19-15(22)3-4-16(24)20(19)23)31-17-6-12(7-26-21(17)25)13-8-27-29(9-13)10-14-2-5-18(30)28-14/h3-4,6-9,11,14H,2,5,10H2,1H3,(H2,25,26)(H,28,30)/t11?,14-/m1/s1. The van der Waals surface area contributed by atoms with Gasteiger partial charge in [-0.25, -0.2) is 9.37 Å². The number of hydrogen-bond acceptors (Lipinski definition) is 5. The Morgan fingerprint density at radius 1 is 1.35 bits per heavy atom. The highest BCUT2D eigenvalue weighted by Gasteiger charge is 2.22. The molecule has 7 nitrogen and oxygen atoms in total. The fraction of sp³-hybridized carbons (Fsp3) is 0.286. The maximum Gasteiger partial charge on any atom is 0.220 e. The SMILES string of the molecule is CC(Oc1cc(-c2cnn(C[C@H]3CCC(=O)N3)c2)cnc1N)c1c(Cl)ccc(F)c1Cl. The molecule has 0 saturated carbocycles. The maximum atomic E-state index is 13.9. The topological polar surface area (TPSA) is 95.1 Å². The van der Waals surface area contributed by atoms with Crippen LogP contribution in [0.5, 0.6) is 5.75 Å². The number of nitrogen functional groups attached to an aromatic ring is 1. The third-order valence-electron chi connectivity index (χ3n) is 5.13. The molecule has 4 rings (SSSR count). The molecular weight excluding hydrogens is 444 g/mol. The zero-order valence-corrected chi connectivity index (χ0v) is 18.1. The van der Waals surface area contributed by atoms with E-state index >= 15 is 0 Å². The first-order chi connectivity index (χ1) is 14.8. The van der Waals surface area contributed by atoms with Crippen molar-refractivity contribution in [3.8, 4) is 16.9 Å². The number of anilines is 1. The van der Waals surface area contributed by atoms with Gasteiger partial charge in [0.2, 0.25) is 5.91 Å². The summed E-state index contributed by atoms with van der Waals surface area (Å²) >= 11 is 12.3. The van der Waals surface area contributed by atoms with E-state index in [0.717, 1.165) is 17.5 Å². The predicted molar refractivity (Wildman–Crippen MR) is 116 cm³/mol. The Balaban J connectivity index is 1.54. The minimum Gasteiger partial charge on any atom is -0.482 e. The molecule has 2 atom stereocenters. The van der Waals surface area contributed by atoms with Crippen LogP contribution in [0.3, 0.4) is 0 Å². The van der Waals surface area contributed by atoms with Crippen LogP contribution in [0, 0.1) is 5.82 Å². The van der Waals surface area contributed by atoms with E-state index in [9.17, 15) is 9.18 Å². The van der Waals surface area contributed by atoms with Crippen molar-refractivity contribution in [2.75, 3.05) is 5.73 Å². The van der Waals surface area contributed by atoms with Crippen LogP contribution < -0.4 is 15.8 Å². The molecule has 1 aliphatic rings. The quantitative estimate of drug-likeness (QED) is 0.528. The fourth-order valence-corrected chi connectivity index (χ4v) is 4.20. The number of hydrogen-bond donors (Lipinski definition) is 2.